The van der Waals surface area contributed by atoms with Gasteiger partial charge in [-0.25, -0.2) is 9.78 Å². The van der Waals surface area contributed by atoms with Gasteiger partial charge in [-0.2, -0.15) is 0 Å². The zero-order chi connectivity index (χ0) is 16.2. The molecule has 2 heterocycles. The summed E-state index contributed by atoms with van der Waals surface area (Å²) in [6, 6.07) is 8.00. The second kappa shape index (κ2) is 7.31. The molecular formula is C16H19BrN4OS. The Morgan fingerprint density at radius 1 is 1.35 bits per heavy atom. The number of hydrogen-bond acceptors (Lipinski definition) is 4. The van der Waals surface area contributed by atoms with Gasteiger partial charge in [0, 0.05) is 42.2 Å². The third-order valence-corrected chi connectivity index (χ3v) is 5.27. The van der Waals surface area contributed by atoms with Crippen LogP contribution in [0.1, 0.15) is 18.5 Å². The van der Waals surface area contributed by atoms with Crippen LogP contribution >= 0.6 is 27.3 Å². The van der Waals surface area contributed by atoms with Gasteiger partial charge >= 0.3 is 6.03 Å². The summed E-state index contributed by atoms with van der Waals surface area (Å²) in [5.41, 5.74) is 1.09. The van der Waals surface area contributed by atoms with Gasteiger partial charge in [-0.05, 0) is 24.6 Å². The van der Waals surface area contributed by atoms with Crippen molar-refractivity contribution in [3.63, 3.8) is 0 Å². The van der Waals surface area contributed by atoms with Crippen molar-refractivity contribution >= 4 is 38.4 Å². The van der Waals surface area contributed by atoms with Crippen molar-refractivity contribution < 1.29 is 4.79 Å². The topological polar surface area (TPSA) is 48.5 Å². The predicted octanol–water partition coefficient (Wildman–Crippen LogP) is 3.50. The Labute approximate surface area is 148 Å². The fourth-order valence-corrected chi connectivity index (χ4v) is 3.72. The summed E-state index contributed by atoms with van der Waals surface area (Å²) in [5, 5.41) is 6.09. The molecule has 1 aliphatic heterocycles. The lowest BCUT2D eigenvalue weighted by Gasteiger charge is -2.35. The molecule has 2 amide bonds. The number of amides is 2. The highest BCUT2D eigenvalue weighted by Gasteiger charge is 2.23. The Kier molecular flexibility index (Phi) is 5.17. The molecule has 122 valence electrons. The van der Waals surface area contributed by atoms with Crippen LogP contribution in [0.3, 0.4) is 0 Å². The molecule has 0 spiro atoms. The summed E-state index contributed by atoms with van der Waals surface area (Å²) in [6.07, 6.45) is 1.82. The van der Waals surface area contributed by atoms with Gasteiger partial charge in [-0.3, -0.25) is 0 Å². The largest absolute Gasteiger partial charge is 0.345 e. The Hall–Kier alpha value is -1.60. The number of urea groups is 1. The van der Waals surface area contributed by atoms with Crippen LogP contribution in [0.15, 0.2) is 40.3 Å². The average molecular weight is 395 g/mol. The van der Waals surface area contributed by atoms with Gasteiger partial charge in [0.25, 0.3) is 0 Å². The zero-order valence-corrected chi connectivity index (χ0v) is 15.3. The fraction of sp³-hybridized carbons (Fsp3) is 0.375. The first-order chi connectivity index (χ1) is 11.1. The third kappa shape index (κ3) is 4.03. The minimum absolute atomic E-state index is 0.00346. The first-order valence-electron chi connectivity index (χ1n) is 7.59. The highest BCUT2D eigenvalue weighted by molar-refractivity contribution is 9.10. The molecule has 5 nitrogen and oxygen atoms in total. The van der Waals surface area contributed by atoms with Crippen LogP contribution in [0.4, 0.5) is 9.93 Å². The van der Waals surface area contributed by atoms with Crippen LogP contribution in [0.2, 0.25) is 0 Å². The van der Waals surface area contributed by atoms with E-state index in [-0.39, 0.29) is 12.1 Å². The van der Waals surface area contributed by atoms with Crippen LogP contribution in [-0.2, 0) is 0 Å². The van der Waals surface area contributed by atoms with Gasteiger partial charge in [-0.1, -0.05) is 28.1 Å². The maximum absolute atomic E-state index is 12.4. The summed E-state index contributed by atoms with van der Waals surface area (Å²) in [7, 11) is 0. The minimum Gasteiger partial charge on any atom is -0.345 e. The fourth-order valence-electron chi connectivity index (χ4n) is 2.61. The highest BCUT2D eigenvalue weighted by atomic mass is 79.9. The molecule has 1 aliphatic rings. The molecule has 1 aromatic carbocycles. The number of aromatic nitrogens is 1. The van der Waals surface area contributed by atoms with E-state index in [9.17, 15) is 4.79 Å². The van der Waals surface area contributed by atoms with E-state index in [0.29, 0.717) is 0 Å². The molecule has 1 N–H and O–H groups in total. The van der Waals surface area contributed by atoms with Gasteiger partial charge in [0.2, 0.25) is 0 Å². The SMILES string of the molecule is CC(NC(=O)N1CCN(c2nccs2)CC1)c1cccc(Br)c1. The van der Waals surface area contributed by atoms with E-state index in [0.717, 1.165) is 41.3 Å². The summed E-state index contributed by atoms with van der Waals surface area (Å²) < 4.78 is 1.02. The smallest absolute Gasteiger partial charge is 0.317 e. The number of benzene rings is 1. The average Bonchev–Trinajstić information content (AvgIpc) is 3.09. The molecule has 7 heteroatoms. The van der Waals surface area contributed by atoms with E-state index < -0.39 is 0 Å². The zero-order valence-electron chi connectivity index (χ0n) is 12.9. The molecule has 2 aromatic rings. The van der Waals surface area contributed by atoms with Gasteiger partial charge < -0.3 is 15.1 Å². The van der Waals surface area contributed by atoms with E-state index in [2.05, 4.69) is 31.1 Å². The summed E-state index contributed by atoms with van der Waals surface area (Å²) in [4.78, 5) is 20.9. The van der Waals surface area contributed by atoms with Crippen LogP contribution < -0.4 is 10.2 Å². The Morgan fingerprint density at radius 3 is 2.78 bits per heavy atom. The lowest BCUT2D eigenvalue weighted by atomic mass is 10.1. The minimum atomic E-state index is -0.0167. The molecular weight excluding hydrogens is 376 g/mol. The highest BCUT2D eigenvalue weighted by Crippen LogP contribution is 2.20. The van der Waals surface area contributed by atoms with Crippen LogP contribution in [0.5, 0.6) is 0 Å². The number of piperazine rings is 1. The summed E-state index contributed by atoms with van der Waals surface area (Å²) in [6.45, 7) is 5.09. The lowest BCUT2D eigenvalue weighted by molar-refractivity contribution is 0.191. The number of nitrogens with zero attached hydrogens (tertiary/aromatic N) is 3. The number of carbonyl (C=O) groups excluding carboxylic acids is 1. The lowest BCUT2D eigenvalue weighted by Crippen LogP contribution is -2.52. The Bertz CT molecular complexity index is 656. The maximum Gasteiger partial charge on any atom is 0.317 e. The number of thiazole rings is 1. The normalized spacial score (nSPS) is 16.3. The third-order valence-electron chi connectivity index (χ3n) is 3.95. The van der Waals surface area contributed by atoms with Gasteiger partial charge in [0.15, 0.2) is 5.13 Å². The van der Waals surface area contributed by atoms with Crippen LogP contribution in [0.25, 0.3) is 0 Å². The van der Waals surface area contributed by atoms with Crippen molar-refractivity contribution in [1.29, 1.82) is 0 Å². The van der Waals surface area contributed by atoms with Crippen molar-refractivity contribution in [2.75, 3.05) is 31.1 Å². The standard InChI is InChI=1S/C16H19BrN4OS/c1-12(13-3-2-4-14(17)11-13)19-15(22)20-6-8-21(9-7-20)16-18-5-10-23-16/h2-5,10-12H,6-9H2,1H3,(H,19,22). The van der Waals surface area contributed by atoms with Gasteiger partial charge in [0.05, 0.1) is 6.04 Å². The molecule has 0 aliphatic carbocycles. The van der Waals surface area contributed by atoms with Crippen molar-refractivity contribution in [3.8, 4) is 0 Å². The molecule has 0 saturated carbocycles. The van der Waals surface area contributed by atoms with Crippen molar-refractivity contribution in [2.24, 2.45) is 0 Å². The molecule has 1 aromatic heterocycles. The summed E-state index contributed by atoms with van der Waals surface area (Å²) >= 11 is 5.10. The first kappa shape index (κ1) is 16.3. The van der Waals surface area contributed by atoms with Crippen molar-refractivity contribution in [2.45, 2.75) is 13.0 Å². The second-order valence-corrected chi connectivity index (χ2v) is 7.30. The summed E-state index contributed by atoms with van der Waals surface area (Å²) in [5.74, 6) is 0. The van der Waals surface area contributed by atoms with E-state index >= 15 is 0 Å². The molecule has 1 atom stereocenters. The molecule has 3 rings (SSSR count). The first-order valence-corrected chi connectivity index (χ1v) is 9.26. The van der Waals surface area contributed by atoms with Crippen molar-refractivity contribution in [3.05, 3.63) is 45.9 Å². The van der Waals surface area contributed by atoms with Crippen LogP contribution in [0, 0.1) is 0 Å². The van der Waals surface area contributed by atoms with Gasteiger partial charge in [-0.15, -0.1) is 11.3 Å². The molecule has 1 fully saturated rings. The molecule has 1 saturated heterocycles. The molecule has 1 unspecified atom stereocenters. The maximum atomic E-state index is 12.4. The predicted molar refractivity (Wildman–Crippen MR) is 97.0 cm³/mol. The monoisotopic (exact) mass is 394 g/mol. The van der Waals surface area contributed by atoms with E-state index in [1.807, 2.05) is 47.7 Å². The number of nitrogens with one attached hydrogen (secondary N) is 1. The van der Waals surface area contributed by atoms with E-state index in [4.69, 9.17) is 0 Å². The molecule has 0 radical (unpaired) electrons. The van der Waals surface area contributed by atoms with Crippen LogP contribution in [-0.4, -0.2) is 42.1 Å². The quantitative estimate of drug-likeness (QED) is 0.866. The number of carbonyl (C=O) groups is 1. The number of hydrogen-bond donors (Lipinski definition) is 1. The van der Waals surface area contributed by atoms with Crippen molar-refractivity contribution in [1.82, 2.24) is 15.2 Å². The number of halogens is 1. The Morgan fingerprint density at radius 2 is 2.13 bits per heavy atom. The Balaban J connectivity index is 1.53. The number of rotatable bonds is 3. The number of anilines is 1. The second-order valence-electron chi connectivity index (χ2n) is 5.51. The van der Waals surface area contributed by atoms with E-state index in [1.165, 1.54) is 0 Å². The molecule has 23 heavy (non-hydrogen) atoms. The van der Waals surface area contributed by atoms with E-state index in [1.54, 1.807) is 11.3 Å². The molecule has 0 bridgehead atoms. The van der Waals surface area contributed by atoms with Gasteiger partial charge in [0.1, 0.15) is 0 Å².